The van der Waals surface area contributed by atoms with Crippen molar-refractivity contribution in [2.45, 2.75) is 19.4 Å². The van der Waals surface area contributed by atoms with Crippen LogP contribution in [0.1, 0.15) is 23.6 Å². The van der Waals surface area contributed by atoms with Crippen LogP contribution in [-0.2, 0) is 4.79 Å². The van der Waals surface area contributed by atoms with Crippen molar-refractivity contribution in [1.29, 1.82) is 0 Å². The van der Waals surface area contributed by atoms with Gasteiger partial charge in [0.1, 0.15) is 0 Å². The van der Waals surface area contributed by atoms with E-state index in [-0.39, 0.29) is 11.9 Å². The highest BCUT2D eigenvalue weighted by Crippen LogP contribution is 2.24. The number of benzene rings is 2. The number of nitrogens with zero attached hydrogens (tertiary/aromatic N) is 1. The summed E-state index contributed by atoms with van der Waals surface area (Å²) in [5.74, 6) is -0.0440. The molecule has 0 aliphatic heterocycles. The molecule has 122 valence electrons. The summed E-state index contributed by atoms with van der Waals surface area (Å²) < 4.78 is 2.06. The Hall–Kier alpha value is -2.52. The number of carbonyl (C=O) groups excluding carboxylic acids is 1. The molecule has 3 nitrogen and oxygen atoms in total. The van der Waals surface area contributed by atoms with Crippen molar-refractivity contribution in [3.63, 3.8) is 0 Å². The third kappa shape index (κ3) is 4.06. The molecule has 1 unspecified atom stereocenters. The molecule has 1 heterocycles. The fraction of sp³-hybridized carbons (Fsp3) is 0.150. The van der Waals surface area contributed by atoms with Crippen LogP contribution in [0.25, 0.3) is 0 Å². The van der Waals surface area contributed by atoms with Crippen LogP contribution in [0, 0.1) is 6.92 Å². The van der Waals surface area contributed by atoms with Gasteiger partial charge in [0.25, 0.3) is 0 Å². The van der Waals surface area contributed by atoms with Gasteiger partial charge in [0.05, 0.1) is 12.5 Å². The zero-order chi connectivity index (χ0) is 16.9. The Morgan fingerprint density at radius 1 is 1.08 bits per heavy atom. The highest BCUT2D eigenvalue weighted by Gasteiger charge is 2.17. The summed E-state index contributed by atoms with van der Waals surface area (Å²) in [6, 6.07) is 19.3. The molecule has 4 heteroatoms. The molecular formula is C20H19ClN2O. The standard InChI is InChI=1S/C20H19ClN2O/c1-15-6-4-7-16(12-15)19(23-10-2-3-11-23)14-20(24)22-18-9-5-8-17(21)13-18/h2-13,19H,14H2,1H3,(H,22,24). The first-order chi connectivity index (χ1) is 11.6. The Balaban J connectivity index is 1.80. The number of carbonyl (C=O) groups is 1. The summed E-state index contributed by atoms with van der Waals surface area (Å²) in [6.45, 7) is 2.06. The van der Waals surface area contributed by atoms with Crippen LogP contribution in [-0.4, -0.2) is 10.5 Å². The van der Waals surface area contributed by atoms with Gasteiger partial charge in [-0.1, -0.05) is 47.5 Å². The molecule has 0 aliphatic carbocycles. The molecule has 1 atom stereocenters. The average Bonchev–Trinajstić information content (AvgIpc) is 3.07. The average molecular weight is 339 g/mol. The monoisotopic (exact) mass is 338 g/mol. The van der Waals surface area contributed by atoms with Crippen LogP contribution in [0.3, 0.4) is 0 Å². The van der Waals surface area contributed by atoms with E-state index in [0.29, 0.717) is 17.1 Å². The van der Waals surface area contributed by atoms with Crippen molar-refractivity contribution in [2.24, 2.45) is 0 Å². The van der Waals surface area contributed by atoms with Crippen LogP contribution < -0.4 is 5.32 Å². The molecule has 0 saturated carbocycles. The second kappa shape index (κ2) is 7.37. The zero-order valence-corrected chi connectivity index (χ0v) is 14.2. The molecule has 24 heavy (non-hydrogen) atoms. The van der Waals surface area contributed by atoms with Crippen LogP contribution in [0.2, 0.25) is 5.02 Å². The van der Waals surface area contributed by atoms with Gasteiger partial charge in [-0.05, 0) is 42.8 Å². The van der Waals surface area contributed by atoms with E-state index in [9.17, 15) is 4.79 Å². The van der Waals surface area contributed by atoms with Gasteiger partial charge >= 0.3 is 0 Å². The van der Waals surface area contributed by atoms with E-state index >= 15 is 0 Å². The van der Waals surface area contributed by atoms with Crippen molar-refractivity contribution in [3.8, 4) is 0 Å². The van der Waals surface area contributed by atoms with E-state index in [2.05, 4.69) is 35.0 Å². The molecular weight excluding hydrogens is 320 g/mol. The van der Waals surface area contributed by atoms with Crippen molar-refractivity contribution < 1.29 is 4.79 Å². The van der Waals surface area contributed by atoms with Crippen LogP contribution in [0.4, 0.5) is 5.69 Å². The fourth-order valence-corrected chi connectivity index (χ4v) is 2.97. The van der Waals surface area contributed by atoms with Crippen molar-refractivity contribution in [3.05, 3.63) is 89.2 Å². The summed E-state index contributed by atoms with van der Waals surface area (Å²) in [6.07, 6.45) is 4.32. The molecule has 1 N–H and O–H groups in total. The van der Waals surface area contributed by atoms with Crippen molar-refractivity contribution in [2.75, 3.05) is 5.32 Å². The molecule has 0 saturated heterocycles. The number of anilines is 1. The first kappa shape index (κ1) is 16.3. The summed E-state index contributed by atoms with van der Waals surface area (Å²) in [5.41, 5.74) is 3.01. The summed E-state index contributed by atoms with van der Waals surface area (Å²) in [7, 11) is 0. The quantitative estimate of drug-likeness (QED) is 0.692. The van der Waals surface area contributed by atoms with Gasteiger partial charge < -0.3 is 9.88 Å². The van der Waals surface area contributed by atoms with E-state index in [1.807, 2.05) is 42.7 Å². The minimum atomic E-state index is -0.0440. The van der Waals surface area contributed by atoms with Gasteiger partial charge in [0, 0.05) is 23.1 Å². The van der Waals surface area contributed by atoms with E-state index < -0.39 is 0 Å². The molecule has 3 aromatic rings. The van der Waals surface area contributed by atoms with E-state index in [0.717, 1.165) is 5.56 Å². The van der Waals surface area contributed by atoms with Crippen LogP contribution >= 0.6 is 11.6 Å². The lowest BCUT2D eigenvalue weighted by Crippen LogP contribution is -2.19. The number of rotatable bonds is 5. The number of amides is 1. The van der Waals surface area contributed by atoms with Gasteiger partial charge in [-0.25, -0.2) is 0 Å². The molecule has 0 spiro atoms. The second-order valence-corrected chi connectivity index (χ2v) is 6.26. The van der Waals surface area contributed by atoms with Gasteiger partial charge in [0.15, 0.2) is 0 Å². The Bertz CT molecular complexity index is 827. The highest BCUT2D eigenvalue weighted by molar-refractivity contribution is 6.30. The van der Waals surface area contributed by atoms with Gasteiger partial charge in [-0.15, -0.1) is 0 Å². The first-order valence-electron chi connectivity index (χ1n) is 7.86. The van der Waals surface area contributed by atoms with E-state index in [1.54, 1.807) is 12.1 Å². The highest BCUT2D eigenvalue weighted by atomic mass is 35.5. The number of hydrogen-bond acceptors (Lipinski definition) is 1. The summed E-state index contributed by atoms with van der Waals surface area (Å²) in [4.78, 5) is 12.5. The summed E-state index contributed by atoms with van der Waals surface area (Å²) >= 11 is 5.97. The van der Waals surface area contributed by atoms with Gasteiger partial charge in [0.2, 0.25) is 5.91 Å². The van der Waals surface area contributed by atoms with Crippen LogP contribution in [0.15, 0.2) is 73.1 Å². The third-order valence-corrected chi connectivity index (χ3v) is 4.14. The number of hydrogen-bond donors (Lipinski definition) is 1. The lowest BCUT2D eigenvalue weighted by Gasteiger charge is -2.20. The minimum absolute atomic E-state index is 0.0425. The van der Waals surface area contributed by atoms with Gasteiger partial charge in [-0.3, -0.25) is 4.79 Å². The lowest BCUT2D eigenvalue weighted by molar-refractivity contribution is -0.116. The Labute approximate surface area is 146 Å². The predicted octanol–water partition coefficient (Wildman–Crippen LogP) is 5.07. The lowest BCUT2D eigenvalue weighted by atomic mass is 10.0. The molecule has 0 bridgehead atoms. The summed E-state index contributed by atoms with van der Waals surface area (Å²) in [5, 5.41) is 3.53. The number of halogens is 1. The van der Waals surface area contributed by atoms with E-state index in [1.165, 1.54) is 5.56 Å². The molecule has 3 rings (SSSR count). The maximum Gasteiger partial charge on any atom is 0.226 e. The Kier molecular flexibility index (Phi) is 5.02. The number of aryl methyl sites for hydroxylation is 1. The van der Waals surface area contributed by atoms with Crippen LogP contribution in [0.5, 0.6) is 0 Å². The molecule has 1 amide bonds. The minimum Gasteiger partial charge on any atom is -0.346 e. The molecule has 1 aromatic heterocycles. The largest absolute Gasteiger partial charge is 0.346 e. The number of aromatic nitrogens is 1. The van der Waals surface area contributed by atoms with E-state index in [4.69, 9.17) is 11.6 Å². The molecule has 0 aliphatic rings. The zero-order valence-electron chi connectivity index (χ0n) is 13.4. The number of nitrogens with one attached hydrogen (secondary N) is 1. The normalized spacial score (nSPS) is 11.9. The second-order valence-electron chi connectivity index (χ2n) is 5.82. The fourth-order valence-electron chi connectivity index (χ4n) is 2.78. The SMILES string of the molecule is Cc1cccc(C(CC(=O)Nc2cccc(Cl)c2)n2cccc2)c1. The molecule has 0 radical (unpaired) electrons. The smallest absolute Gasteiger partial charge is 0.226 e. The predicted molar refractivity (Wildman–Crippen MR) is 98.4 cm³/mol. The van der Waals surface area contributed by atoms with Gasteiger partial charge in [-0.2, -0.15) is 0 Å². The molecule has 0 fully saturated rings. The third-order valence-electron chi connectivity index (χ3n) is 3.90. The Morgan fingerprint density at radius 2 is 1.83 bits per heavy atom. The van der Waals surface area contributed by atoms with Crippen molar-refractivity contribution >= 4 is 23.2 Å². The molecule has 2 aromatic carbocycles. The Morgan fingerprint density at radius 3 is 2.54 bits per heavy atom. The first-order valence-corrected chi connectivity index (χ1v) is 8.24. The van der Waals surface area contributed by atoms with Crippen molar-refractivity contribution in [1.82, 2.24) is 4.57 Å². The maximum absolute atomic E-state index is 12.5. The topological polar surface area (TPSA) is 34.0 Å². The maximum atomic E-state index is 12.5.